The van der Waals surface area contributed by atoms with Gasteiger partial charge in [0.25, 0.3) is 0 Å². The molecule has 2 aromatic rings. The fourth-order valence-electron chi connectivity index (χ4n) is 1.76. The van der Waals surface area contributed by atoms with E-state index in [1.165, 1.54) is 24.2 Å². The summed E-state index contributed by atoms with van der Waals surface area (Å²) in [6.07, 6.45) is 4.35. The van der Waals surface area contributed by atoms with Gasteiger partial charge in [-0.25, -0.2) is 4.79 Å². The molecule has 0 bridgehead atoms. The molecule has 0 aliphatic carbocycles. The maximum atomic E-state index is 11.8. The first-order chi connectivity index (χ1) is 10.2. The predicted octanol–water partition coefficient (Wildman–Crippen LogP) is 4.57. The number of halogens is 1. The Balaban J connectivity index is 1.85. The lowest BCUT2D eigenvalue weighted by atomic mass is 10.2. The highest BCUT2D eigenvalue weighted by atomic mass is 35.5. The fourth-order valence-corrected chi connectivity index (χ4v) is 2.72. The largest absolute Gasteiger partial charge is 0.325 e. The number of nitrogens with zero attached hydrogens (tertiary/aromatic N) is 2. The first-order valence-corrected chi connectivity index (χ1v) is 8.03. The summed E-state index contributed by atoms with van der Waals surface area (Å²) in [5.74, 6) is 0. The number of aryl methyl sites for hydroxylation is 1. The van der Waals surface area contributed by atoms with E-state index in [0.29, 0.717) is 15.8 Å². The molecule has 0 fully saturated rings. The van der Waals surface area contributed by atoms with Crippen LogP contribution in [0.3, 0.4) is 0 Å². The normalized spacial score (nSPS) is 10.4. The second kappa shape index (κ2) is 7.95. The van der Waals surface area contributed by atoms with E-state index < -0.39 is 0 Å². The first kappa shape index (κ1) is 15.7. The second-order valence-electron chi connectivity index (χ2n) is 4.55. The average Bonchev–Trinajstić information content (AvgIpc) is 2.86. The fraction of sp³-hybridized carbons (Fsp3) is 0.357. The molecule has 1 heterocycles. The van der Waals surface area contributed by atoms with Crippen molar-refractivity contribution in [3.05, 3.63) is 34.3 Å². The van der Waals surface area contributed by atoms with Crippen molar-refractivity contribution in [2.45, 2.75) is 32.6 Å². The summed E-state index contributed by atoms with van der Waals surface area (Å²) in [7, 11) is 0. The topological polar surface area (TPSA) is 66.9 Å². The monoisotopic (exact) mass is 324 g/mol. The van der Waals surface area contributed by atoms with Crippen molar-refractivity contribution in [3.8, 4) is 0 Å². The van der Waals surface area contributed by atoms with E-state index in [2.05, 4.69) is 27.8 Å². The standard InChI is InChI=1S/C14H17ClN4OS/c1-2-3-4-8-12-18-19-14(21-12)17-13(20)16-11-7-5-6-10(15)9-11/h5-7,9H,2-4,8H2,1H3,(H2,16,17,19,20). The number of aromatic nitrogens is 2. The number of amides is 2. The molecule has 0 unspecified atom stereocenters. The Morgan fingerprint density at radius 3 is 2.90 bits per heavy atom. The van der Waals surface area contributed by atoms with Gasteiger partial charge < -0.3 is 5.32 Å². The summed E-state index contributed by atoms with van der Waals surface area (Å²) in [6, 6.07) is 6.61. The minimum atomic E-state index is -0.353. The van der Waals surface area contributed by atoms with E-state index in [1.807, 2.05) is 0 Å². The zero-order valence-corrected chi connectivity index (χ0v) is 13.3. The van der Waals surface area contributed by atoms with Crippen LogP contribution in [-0.4, -0.2) is 16.2 Å². The molecule has 2 amide bonds. The molecular weight excluding hydrogens is 308 g/mol. The van der Waals surface area contributed by atoms with Gasteiger partial charge in [0.2, 0.25) is 5.13 Å². The number of urea groups is 1. The van der Waals surface area contributed by atoms with Crippen molar-refractivity contribution >= 4 is 39.8 Å². The van der Waals surface area contributed by atoms with Crippen LogP contribution in [0.5, 0.6) is 0 Å². The molecule has 2 N–H and O–H groups in total. The van der Waals surface area contributed by atoms with Crippen molar-refractivity contribution in [3.63, 3.8) is 0 Å². The van der Waals surface area contributed by atoms with Crippen LogP contribution in [0.25, 0.3) is 0 Å². The van der Waals surface area contributed by atoms with Gasteiger partial charge in [-0.2, -0.15) is 0 Å². The van der Waals surface area contributed by atoms with E-state index >= 15 is 0 Å². The summed E-state index contributed by atoms with van der Waals surface area (Å²) < 4.78 is 0. The minimum Gasteiger partial charge on any atom is -0.308 e. The zero-order valence-electron chi connectivity index (χ0n) is 11.7. The lowest BCUT2D eigenvalue weighted by molar-refractivity contribution is 0.262. The predicted molar refractivity (Wildman–Crippen MR) is 87.2 cm³/mol. The van der Waals surface area contributed by atoms with Crippen LogP contribution in [0.15, 0.2) is 24.3 Å². The van der Waals surface area contributed by atoms with Crippen LogP contribution < -0.4 is 10.6 Å². The van der Waals surface area contributed by atoms with Crippen LogP contribution in [0.2, 0.25) is 5.02 Å². The quantitative estimate of drug-likeness (QED) is 0.765. The van der Waals surface area contributed by atoms with Crippen molar-refractivity contribution in [2.24, 2.45) is 0 Å². The smallest absolute Gasteiger partial charge is 0.308 e. The second-order valence-corrected chi connectivity index (χ2v) is 6.05. The summed E-state index contributed by atoms with van der Waals surface area (Å²) in [4.78, 5) is 11.8. The van der Waals surface area contributed by atoms with Gasteiger partial charge in [-0.1, -0.05) is 48.8 Å². The van der Waals surface area contributed by atoms with Crippen LogP contribution in [0.4, 0.5) is 15.6 Å². The summed E-state index contributed by atoms with van der Waals surface area (Å²) in [5, 5.41) is 15.4. The number of anilines is 2. The van der Waals surface area contributed by atoms with Gasteiger partial charge in [0.1, 0.15) is 5.01 Å². The van der Waals surface area contributed by atoms with Gasteiger partial charge in [0, 0.05) is 17.1 Å². The summed E-state index contributed by atoms with van der Waals surface area (Å²) in [5.41, 5.74) is 0.632. The third-order valence-corrected chi connectivity index (χ3v) is 3.90. The van der Waals surface area contributed by atoms with Gasteiger partial charge >= 0.3 is 6.03 Å². The van der Waals surface area contributed by atoms with Crippen molar-refractivity contribution < 1.29 is 4.79 Å². The number of hydrogen-bond donors (Lipinski definition) is 2. The molecule has 2 rings (SSSR count). The van der Waals surface area contributed by atoms with Crippen LogP contribution >= 0.6 is 22.9 Å². The third kappa shape index (κ3) is 5.32. The van der Waals surface area contributed by atoms with Crippen molar-refractivity contribution in [1.82, 2.24) is 10.2 Å². The van der Waals surface area contributed by atoms with Gasteiger partial charge in [0.15, 0.2) is 0 Å². The van der Waals surface area contributed by atoms with E-state index in [4.69, 9.17) is 11.6 Å². The van der Waals surface area contributed by atoms with E-state index in [1.54, 1.807) is 24.3 Å². The number of carbonyl (C=O) groups excluding carboxylic acids is 1. The Kier molecular flexibility index (Phi) is 5.95. The number of rotatable bonds is 6. The lowest BCUT2D eigenvalue weighted by Crippen LogP contribution is -2.19. The minimum absolute atomic E-state index is 0.353. The van der Waals surface area contributed by atoms with Gasteiger partial charge in [-0.3, -0.25) is 5.32 Å². The Morgan fingerprint density at radius 2 is 2.14 bits per heavy atom. The molecule has 0 aliphatic rings. The molecule has 0 spiro atoms. The van der Waals surface area contributed by atoms with E-state index in [0.717, 1.165) is 17.8 Å². The van der Waals surface area contributed by atoms with Crippen molar-refractivity contribution in [2.75, 3.05) is 10.6 Å². The Bertz CT molecular complexity index is 602. The van der Waals surface area contributed by atoms with E-state index in [-0.39, 0.29) is 6.03 Å². The first-order valence-electron chi connectivity index (χ1n) is 6.83. The molecular formula is C14H17ClN4OS. The molecule has 0 atom stereocenters. The number of carbonyl (C=O) groups is 1. The molecule has 1 aromatic carbocycles. The SMILES string of the molecule is CCCCCc1nnc(NC(=O)Nc2cccc(Cl)c2)s1. The number of benzene rings is 1. The highest BCUT2D eigenvalue weighted by molar-refractivity contribution is 7.15. The Labute approximate surface area is 132 Å². The number of hydrogen-bond acceptors (Lipinski definition) is 4. The Morgan fingerprint density at radius 1 is 1.29 bits per heavy atom. The van der Waals surface area contributed by atoms with E-state index in [9.17, 15) is 4.79 Å². The number of nitrogens with one attached hydrogen (secondary N) is 2. The molecule has 0 radical (unpaired) electrons. The molecule has 1 aromatic heterocycles. The maximum absolute atomic E-state index is 11.8. The molecule has 5 nitrogen and oxygen atoms in total. The molecule has 21 heavy (non-hydrogen) atoms. The highest BCUT2D eigenvalue weighted by Gasteiger charge is 2.08. The summed E-state index contributed by atoms with van der Waals surface area (Å²) >= 11 is 7.27. The molecule has 0 aliphatic heterocycles. The molecule has 0 saturated heterocycles. The third-order valence-electron chi connectivity index (χ3n) is 2.76. The zero-order chi connectivity index (χ0) is 15.1. The van der Waals surface area contributed by atoms with Crippen molar-refractivity contribution in [1.29, 1.82) is 0 Å². The van der Waals surface area contributed by atoms with Crippen LogP contribution in [0, 0.1) is 0 Å². The summed E-state index contributed by atoms with van der Waals surface area (Å²) in [6.45, 7) is 2.16. The lowest BCUT2D eigenvalue weighted by Gasteiger charge is -2.04. The highest BCUT2D eigenvalue weighted by Crippen LogP contribution is 2.19. The molecule has 112 valence electrons. The maximum Gasteiger partial charge on any atom is 0.325 e. The Hall–Kier alpha value is -1.66. The molecule has 7 heteroatoms. The van der Waals surface area contributed by atoms with Crippen LogP contribution in [0.1, 0.15) is 31.2 Å². The number of unbranched alkanes of at least 4 members (excludes halogenated alkanes) is 2. The van der Waals surface area contributed by atoms with Gasteiger partial charge in [0.05, 0.1) is 0 Å². The van der Waals surface area contributed by atoms with Crippen LogP contribution in [-0.2, 0) is 6.42 Å². The van der Waals surface area contributed by atoms with Gasteiger partial charge in [-0.15, -0.1) is 10.2 Å². The molecule has 0 saturated carbocycles. The average molecular weight is 325 g/mol. The van der Waals surface area contributed by atoms with Gasteiger partial charge in [-0.05, 0) is 24.6 Å².